The smallest absolute Gasteiger partial charge is 0.337 e. The molecule has 0 bridgehead atoms. The van der Waals surface area contributed by atoms with Crippen molar-refractivity contribution in [3.63, 3.8) is 0 Å². The zero-order chi connectivity index (χ0) is 23.2. The second kappa shape index (κ2) is 9.98. The van der Waals surface area contributed by atoms with Gasteiger partial charge in [0.1, 0.15) is 5.76 Å². The summed E-state index contributed by atoms with van der Waals surface area (Å²) in [5.41, 5.74) is 3.10. The molecule has 4 aromatic rings. The van der Waals surface area contributed by atoms with Gasteiger partial charge in [0.2, 0.25) is 11.8 Å². The number of rotatable bonds is 5. The van der Waals surface area contributed by atoms with Gasteiger partial charge in [-0.1, -0.05) is 30.0 Å². The van der Waals surface area contributed by atoms with Crippen LogP contribution in [-0.2, 0) is 16.0 Å². The van der Waals surface area contributed by atoms with Crippen molar-refractivity contribution < 1.29 is 18.7 Å². The van der Waals surface area contributed by atoms with E-state index in [0.29, 0.717) is 34.2 Å². The lowest BCUT2D eigenvalue weighted by molar-refractivity contribution is -0.115. The largest absolute Gasteiger partial charge is 0.465 e. The van der Waals surface area contributed by atoms with E-state index >= 15 is 0 Å². The van der Waals surface area contributed by atoms with Crippen LogP contribution in [0.1, 0.15) is 32.9 Å². The third-order valence-corrected chi connectivity index (χ3v) is 5.59. The number of nitrogens with zero attached hydrogens (tertiary/aromatic N) is 1. The first-order valence-corrected chi connectivity index (χ1v) is 11.0. The van der Waals surface area contributed by atoms with Crippen molar-refractivity contribution in [2.45, 2.75) is 13.3 Å². The number of ether oxygens (including phenoxy) is 1. The van der Waals surface area contributed by atoms with E-state index in [9.17, 15) is 9.59 Å². The molecule has 0 saturated heterocycles. The van der Waals surface area contributed by atoms with E-state index in [-0.39, 0.29) is 12.3 Å². The lowest BCUT2D eigenvalue weighted by atomic mass is 10.1. The van der Waals surface area contributed by atoms with Crippen molar-refractivity contribution in [2.75, 3.05) is 12.4 Å². The summed E-state index contributed by atoms with van der Waals surface area (Å²) in [7, 11) is 1.34. The Balaban J connectivity index is 1.43. The maximum Gasteiger partial charge on any atom is 0.337 e. The van der Waals surface area contributed by atoms with Crippen LogP contribution < -0.4 is 5.32 Å². The molecule has 2 aromatic carbocycles. The van der Waals surface area contributed by atoms with Crippen LogP contribution >= 0.6 is 11.3 Å². The number of carbonyl (C=O) groups excluding carboxylic acids is 2. The number of thiophene rings is 1. The highest BCUT2D eigenvalue weighted by Crippen LogP contribution is 2.26. The third kappa shape index (κ3) is 5.56. The predicted molar refractivity (Wildman–Crippen MR) is 127 cm³/mol. The second-order valence-corrected chi connectivity index (χ2v) is 8.08. The summed E-state index contributed by atoms with van der Waals surface area (Å²) in [5.74, 6) is 6.64. The minimum absolute atomic E-state index is 0.108. The van der Waals surface area contributed by atoms with Gasteiger partial charge in [-0.05, 0) is 54.8 Å². The molecule has 0 saturated carbocycles. The maximum atomic E-state index is 12.6. The van der Waals surface area contributed by atoms with Crippen LogP contribution in [0.5, 0.6) is 0 Å². The van der Waals surface area contributed by atoms with E-state index in [1.807, 2.05) is 35.7 Å². The first kappa shape index (κ1) is 22.1. The van der Waals surface area contributed by atoms with Gasteiger partial charge in [-0.15, -0.1) is 11.3 Å². The number of aryl methyl sites for hydroxylation is 1. The summed E-state index contributed by atoms with van der Waals surface area (Å²) >= 11 is 1.53. The molecule has 7 heteroatoms. The number of methoxy groups -OCH3 is 1. The van der Waals surface area contributed by atoms with Gasteiger partial charge >= 0.3 is 5.97 Å². The van der Waals surface area contributed by atoms with Crippen molar-refractivity contribution in [3.8, 4) is 22.6 Å². The van der Waals surface area contributed by atoms with Crippen molar-refractivity contribution in [1.82, 2.24) is 4.98 Å². The summed E-state index contributed by atoms with van der Waals surface area (Å²) in [6.07, 6.45) is 0.108. The SMILES string of the molecule is COC(=O)c1cccc(C#Cc2cccc(NC(=O)Cc3nc(-c4cccs4)oc3C)c2)c1. The number of hydrogen-bond acceptors (Lipinski definition) is 6. The van der Waals surface area contributed by atoms with E-state index in [2.05, 4.69) is 22.1 Å². The molecule has 0 spiro atoms. The van der Waals surface area contributed by atoms with E-state index in [1.165, 1.54) is 18.4 Å². The van der Waals surface area contributed by atoms with E-state index < -0.39 is 5.97 Å². The molecule has 4 rings (SSSR count). The fourth-order valence-electron chi connectivity index (χ4n) is 3.12. The molecule has 0 unspecified atom stereocenters. The number of hydrogen-bond donors (Lipinski definition) is 1. The number of oxazole rings is 1. The molecule has 0 fully saturated rings. The molecule has 1 amide bonds. The van der Waals surface area contributed by atoms with Gasteiger partial charge < -0.3 is 14.5 Å². The Morgan fingerprint density at radius 2 is 1.82 bits per heavy atom. The van der Waals surface area contributed by atoms with E-state index in [1.54, 1.807) is 37.3 Å². The van der Waals surface area contributed by atoms with Gasteiger partial charge in [0, 0.05) is 16.8 Å². The topological polar surface area (TPSA) is 81.4 Å². The monoisotopic (exact) mass is 456 g/mol. The van der Waals surface area contributed by atoms with Gasteiger partial charge in [-0.25, -0.2) is 9.78 Å². The number of amides is 1. The van der Waals surface area contributed by atoms with Crippen molar-refractivity contribution in [2.24, 2.45) is 0 Å². The number of carbonyl (C=O) groups is 2. The molecule has 0 aliphatic rings. The van der Waals surface area contributed by atoms with Crippen LogP contribution in [0.2, 0.25) is 0 Å². The quantitative estimate of drug-likeness (QED) is 0.335. The Hall–Kier alpha value is -4.15. The highest BCUT2D eigenvalue weighted by atomic mass is 32.1. The van der Waals surface area contributed by atoms with Gasteiger partial charge in [-0.2, -0.15) is 0 Å². The molecule has 6 nitrogen and oxygen atoms in total. The van der Waals surface area contributed by atoms with Crippen LogP contribution in [0.25, 0.3) is 10.8 Å². The van der Waals surface area contributed by atoms with Gasteiger partial charge in [-0.3, -0.25) is 4.79 Å². The molecular weight excluding hydrogens is 436 g/mol. The lowest BCUT2D eigenvalue weighted by Gasteiger charge is -2.04. The summed E-state index contributed by atoms with van der Waals surface area (Å²) in [5, 5.41) is 4.84. The normalized spacial score (nSPS) is 10.2. The van der Waals surface area contributed by atoms with Gasteiger partial charge in [0.25, 0.3) is 0 Å². The minimum atomic E-state index is -0.409. The number of benzene rings is 2. The third-order valence-electron chi connectivity index (χ3n) is 4.73. The Morgan fingerprint density at radius 1 is 1.06 bits per heavy atom. The van der Waals surface area contributed by atoms with Crippen molar-refractivity contribution in [1.29, 1.82) is 0 Å². The first-order valence-electron chi connectivity index (χ1n) is 10.1. The maximum absolute atomic E-state index is 12.6. The van der Waals surface area contributed by atoms with Crippen molar-refractivity contribution in [3.05, 3.63) is 94.2 Å². The van der Waals surface area contributed by atoms with Crippen LogP contribution in [0.3, 0.4) is 0 Å². The zero-order valence-corrected chi connectivity index (χ0v) is 18.9. The minimum Gasteiger partial charge on any atom is -0.465 e. The van der Waals surface area contributed by atoms with E-state index in [0.717, 1.165) is 10.4 Å². The van der Waals surface area contributed by atoms with Crippen LogP contribution in [0.4, 0.5) is 5.69 Å². The molecule has 0 aliphatic heterocycles. The summed E-state index contributed by atoms with van der Waals surface area (Å²) in [6.45, 7) is 1.80. The zero-order valence-electron chi connectivity index (χ0n) is 18.0. The molecule has 33 heavy (non-hydrogen) atoms. The number of anilines is 1. The Kier molecular flexibility index (Phi) is 6.67. The van der Waals surface area contributed by atoms with Gasteiger partial charge in [0.05, 0.1) is 29.7 Å². The first-order chi connectivity index (χ1) is 16.0. The Labute approximate surface area is 195 Å². The average Bonchev–Trinajstić information content (AvgIpc) is 3.48. The van der Waals surface area contributed by atoms with Crippen LogP contribution in [-0.4, -0.2) is 24.0 Å². The molecule has 1 N–H and O–H groups in total. The molecule has 2 heterocycles. The van der Waals surface area contributed by atoms with E-state index in [4.69, 9.17) is 9.15 Å². The standard InChI is InChI=1S/C26H20N2O4S/c1-17-22(28-25(32-17)23-10-5-13-33-23)16-24(29)27-21-9-4-7-19(15-21)12-11-18-6-3-8-20(14-18)26(30)31-2/h3-10,13-15H,16H2,1-2H3,(H,27,29). The average molecular weight is 457 g/mol. The Morgan fingerprint density at radius 3 is 2.55 bits per heavy atom. The molecule has 0 aliphatic carbocycles. The molecule has 0 atom stereocenters. The number of nitrogens with one attached hydrogen (secondary N) is 1. The highest BCUT2D eigenvalue weighted by Gasteiger charge is 2.15. The fraction of sp³-hybridized carbons (Fsp3) is 0.115. The molecule has 2 aromatic heterocycles. The fourth-order valence-corrected chi connectivity index (χ4v) is 3.76. The molecule has 0 radical (unpaired) electrons. The molecule has 164 valence electrons. The predicted octanol–water partition coefficient (Wildman–Crippen LogP) is 5.08. The summed E-state index contributed by atoms with van der Waals surface area (Å²) in [4.78, 5) is 29.7. The number of esters is 1. The van der Waals surface area contributed by atoms with Crippen LogP contribution in [0, 0.1) is 18.8 Å². The highest BCUT2D eigenvalue weighted by molar-refractivity contribution is 7.13. The molecular formula is C26H20N2O4S. The Bertz CT molecular complexity index is 1360. The number of aromatic nitrogens is 1. The lowest BCUT2D eigenvalue weighted by Crippen LogP contribution is -2.15. The van der Waals surface area contributed by atoms with Crippen molar-refractivity contribution >= 4 is 28.9 Å². The summed E-state index contributed by atoms with van der Waals surface area (Å²) in [6, 6.07) is 18.0. The van der Waals surface area contributed by atoms with Crippen LogP contribution in [0.15, 0.2) is 70.5 Å². The van der Waals surface area contributed by atoms with Gasteiger partial charge in [0.15, 0.2) is 0 Å². The second-order valence-electron chi connectivity index (χ2n) is 7.13. The summed E-state index contributed by atoms with van der Waals surface area (Å²) < 4.78 is 10.4.